The van der Waals surface area contributed by atoms with Crippen molar-refractivity contribution in [2.45, 2.75) is 65.2 Å². The monoisotopic (exact) mass is 895 g/mol. The van der Waals surface area contributed by atoms with E-state index in [1.807, 2.05) is 42.1 Å². The number of benzene rings is 3. The summed E-state index contributed by atoms with van der Waals surface area (Å²) in [5.41, 5.74) is 4.73. The fourth-order valence-corrected chi connectivity index (χ4v) is 9.55. The van der Waals surface area contributed by atoms with E-state index >= 15 is 0 Å². The van der Waals surface area contributed by atoms with Gasteiger partial charge in [0.05, 0.1) is 47.8 Å². The number of carbonyl (C=O) groups is 2. The van der Waals surface area contributed by atoms with E-state index in [0.717, 1.165) is 33.1 Å². The van der Waals surface area contributed by atoms with Crippen LogP contribution in [0.4, 0.5) is 17.6 Å². The third-order valence-electron chi connectivity index (χ3n) is 10.9. The lowest BCUT2D eigenvalue weighted by molar-refractivity contribution is -0.192. The second kappa shape index (κ2) is 19.5. The molecule has 1 unspecified atom stereocenters. The summed E-state index contributed by atoms with van der Waals surface area (Å²) in [4.78, 5) is 24.5. The average molecular weight is 896 g/mol. The maximum absolute atomic E-state index is 13.9. The molecular weight excluding hydrogens is 846 g/mol. The Bertz CT molecular complexity index is 2500. The molecule has 0 bridgehead atoms. The summed E-state index contributed by atoms with van der Waals surface area (Å²) in [5, 5.41) is 25.8. The fourth-order valence-electron chi connectivity index (χ4n) is 8.11. The molecule has 0 spiro atoms. The SMILES string of the molecule is C.CCc1c2c(nn1C)C(N1CCOCC1)CCN(C)S(=O)(=O)CCCn1c(C(=O)O)c(CCCOc3cccc4cc(F)ccc34)c3ccc(Cl)c-2c31.O=C(O)C(F)(F)F. The summed E-state index contributed by atoms with van der Waals surface area (Å²) >= 11 is 7.22. The number of fused-ring (bicyclic) bond motifs is 3. The lowest BCUT2D eigenvalue weighted by Gasteiger charge is -2.35. The first-order chi connectivity index (χ1) is 28.4. The van der Waals surface area contributed by atoms with Gasteiger partial charge >= 0.3 is 18.1 Å². The van der Waals surface area contributed by atoms with Crippen molar-refractivity contribution in [3.63, 3.8) is 0 Å². The number of sulfonamides is 1. The van der Waals surface area contributed by atoms with E-state index in [0.29, 0.717) is 92.6 Å². The van der Waals surface area contributed by atoms with Crippen LogP contribution >= 0.6 is 11.6 Å². The third kappa shape index (κ3) is 10.1. The molecule has 1 atom stereocenters. The van der Waals surface area contributed by atoms with Gasteiger partial charge in [-0.25, -0.2) is 26.7 Å². The van der Waals surface area contributed by atoms with Gasteiger partial charge in [-0.2, -0.15) is 18.3 Å². The largest absolute Gasteiger partial charge is 0.493 e. The summed E-state index contributed by atoms with van der Waals surface area (Å²) in [6.07, 6.45) is -2.85. The van der Waals surface area contributed by atoms with Crippen LogP contribution in [0.25, 0.3) is 32.8 Å². The number of nitrogens with zero attached hydrogens (tertiary/aromatic N) is 5. The Morgan fingerprint density at radius 2 is 1.69 bits per heavy atom. The third-order valence-corrected chi connectivity index (χ3v) is 13.2. The van der Waals surface area contributed by atoms with E-state index in [9.17, 15) is 35.9 Å². The molecule has 61 heavy (non-hydrogen) atoms. The number of aliphatic carboxylic acids is 1. The number of aromatic nitrogens is 3. The molecule has 7 rings (SSSR count). The molecule has 2 aromatic heterocycles. The second-order valence-corrected chi connectivity index (χ2v) is 17.2. The van der Waals surface area contributed by atoms with Gasteiger partial charge in [0.25, 0.3) is 0 Å². The van der Waals surface area contributed by atoms with Gasteiger partial charge in [0.2, 0.25) is 10.0 Å². The number of aromatic carboxylic acids is 1. The molecule has 0 saturated carbocycles. The first kappa shape index (κ1) is 47.3. The molecule has 1 saturated heterocycles. The molecule has 3 aromatic carbocycles. The first-order valence-electron chi connectivity index (χ1n) is 19.4. The number of aryl methyl sites for hydroxylation is 3. The topological polar surface area (TPSA) is 156 Å². The Morgan fingerprint density at radius 3 is 2.34 bits per heavy atom. The summed E-state index contributed by atoms with van der Waals surface area (Å²) in [6, 6.07) is 13.5. The van der Waals surface area contributed by atoms with Crippen LogP contribution in [0.3, 0.4) is 0 Å². The van der Waals surface area contributed by atoms with Crippen molar-refractivity contribution < 1.29 is 55.3 Å². The zero-order valence-corrected chi connectivity index (χ0v) is 34.8. The van der Waals surface area contributed by atoms with Gasteiger partial charge in [0.1, 0.15) is 17.3 Å². The number of carboxylic acid groups (broad SMARTS) is 2. The maximum atomic E-state index is 13.9. The predicted molar refractivity (Wildman–Crippen MR) is 224 cm³/mol. The molecule has 13 nitrogen and oxygen atoms in total. The van der Waals surface area contributed by atoms with Crippen molar-refractivity contribution in [3.8, 4) is 16.9 Å². The Balaban J connectivity index is 0.000000811. The van der Waals surface area contributed by atoms with Crippen molar-refractivity contribution in [3.05, 3.63) is 82.0 Å². The van der Waals surface area contributed by atoms with Gasteiger partial charge in [-0.05, 0) is 73.4 Å². The van der Waals surface area contributed by atoms with Crippen LogP contribution in [-0.2, 0) is 46.0 Å². The normalized spacial score (nSPS) is 17.5. The Hall–Kier alpha value is -4.75. The van der Waals surface area contributed by atoms with Gasteiger partial charge in [0, 0.05) is 67.9 Å². The highest BCUT2D eigenvalue weighted by Gasteiger charge is 2.38. The maximum Gasteiger partial charge on any atom is 0.490 e. The van der Waals surface area contributed by atoms with Gasteiger partial charge in [-0.1, -0.05) is 44.2 Å². The second-order valence-electron chi connectivity index (χ2n) is 14.6. The summed E-state index contributed by atoms with van der Waals surface area (Å²) in [5.74, 6) is -3.70. The molecule has 19 heteroatoms. The molecule has 2 aliphatic rings. The van der Waals surface area contributed by atoms with Crippen LogP contribution in [0.2, 0.25) is 5.02 Å². The lowest BCUT2D eigenvalue weighted by atomic mass is 9.93. The standard InChI is InChI=1S/C39H45ClFN5O6S.C2HF3O2.CH4/c1-4-31-35-34-30(40)14-13-29-28(9-6-20-52-33-10-5-8-25-24-26(41)11-12-27(25)33)38(39(47)48)46(37(29)34)16-7-23-53(49,50)43(2)17-15-32(36(35)42-44(31)3)45-18-21-51-22-19-45;3-2(4,5)1(6)7;/h5,8,10-14,24,32H,4,6-7,9,15-23H2,1-3H3,(H,47,48);(H,6,7);1H4. The van der Waals surface area contributed by atoms with E-state index < -0.39 is 28.1 Å². The van der Waals surface area contributed by atoms with Crippen LogP contribution < -0.4 is 4.74 Å². The molecular formula is C42H50ClF4N5O8S. The van der Waals surface area contributed by atoms with Crippen LogP contribution in [0.1, 0.15) is 67.1 Å². The van der Waals surface area contributed by atoms with Crippen LogP contribution in [0, 0.1) is 5.82 Å². The van der Waals surface area contributed by atoms with Crippen molar-refractivity contribution in [2.24, 2.45) is 7.05 Å². The fraction of sp³-hybridized carbons (Fsp3) is 0.452. The molecule has 2 N–H and O–H groups in total. The van der Waals surface area contributed by atoms with E-state index in [4.69, 9.17) is 36.1 Å². The summed E-state index contributed by atoms with van der Waals surface area (Å²) < 4.78 is 89.7. The van der Waals surface area contributed by atoms with E-state index in [1.165, 1.54) is 16.4 Å². The van der Waals surface area contributed by atoms with Gasteiger partial charge in [-0.15, -0.1) is 0 Å². The molecule has 332 valence electrons. The Labute approximate surface area is 356 Å². The van der Waals surface area contributed by atoms with Crippen molar-refractivity contribution in [1.29, 1.82) is 0 Å². The molecule has 4 heterocycles. The van der Waals surface area contributed by atoms with E-state index in [2.05, 4.69) is 11.8 Å². The Kier molecular flexibility index (Phi) is 15.1. The van der Waals surface area contributed by atoms with Crippen molar-refractivity contribution >= 4 is 55.2 Å². The number of halogens is 5. The minimum Gasteiger partial charge on any atom is -0.493 e. The zero-order valence-electron chi connectivity index (χ0n) is 33.3. The number of rotatable bonds is 8. The Morgan fingerprint density at radius 1 is 1.00 bits per heavy atom. The molecule has 0 amide bonds. The number of ether oxygens (including phenoxy) is 2. The van der Waals surface area contributed by atoms with Gasteiger partial charge in [-0.3, -0.25) is 9.58 Å². The molecule has 0 radical (unpaired) electrons. The minimum atomic E-state index is -5.08. The number of hydrogen-bond acceptors (Lipinski definition) is 8. The van der Waals surface area contributed by atoms with Crippen LogP contribution in [0.15, 0.2) is 48.5 Å². The molecule has 1 fully saturated rings. The number of alkyl halides is 3. The highest BCUT2D eigenvalue weighted by Crippen LogP contribution is 2.45. The predicted octanol–water partition coefficient (Wildman–Crippen LogP) is 7.96. The summed E-state index contributed by atoms with van der Waals surface area (Å²) in [6.45, 7) is 5.26. The van der Waals surface area contributed by atoms with Crippen molar-refractivity contribution in [1.82, 2.24) is 23.6 Å². The van der Waals surface area contributed by atoms with Gasteiger partial charge < -0.3 is 24.3 Å². The van der Waals surface area contributed by atoms with Crippen molar-refractivity contribution in [2.75, 3.05) is 52.3 Å². The van der Waals surface area contributed by atoms with E-state index in [-0.39, 0.29) is 43.7 Å². The quantitative estimate of drug-likeness (QED) is 0.116. The van der Waals surface area contributed by atoms with Crippen LogP contribution in [-0.4, -0.2) is 113 Å². The highest BCUT2D eigenvalue weighted by molar-refractivity contribution is 7.89. The minimum absolute atomic E-state index is 0. The zero-order chi connectivity index (χ0) is 43.5. The van der Waals surface area contributed by atoms with E-state index in [1.54, 1.807) is 17.7 Å². The number of morpholine rings is 1. The van der Waals surface area contributed by atoms with Crippen LogP contribution in [0.5, 0.6) is 5.75 Å². The molecule has 2 aliphatic heterocycles. The number of carboxylic acids is 2. The van der Waals surface area contributed by atoms with Gasteiger partial charge in [0.15, 0.2) is 0 Å². The average Bonchev–Trinajstić information content (AvgIpc) is 3.69. The number of hydrogen-bond donors (Lipinski definition) is 2. The molecule has 5 aromatic rings. The smallest absolute Gasteiger partial charge is 0.490 e. The highest BCUT2D eigenvalue weighted by atomic mass is 35.5. The molecule has 0 aliphatic carbocycles. The summed E-state index contributed by atoms with van der Waals surface area (Å²) in [7, 11) is -0.118. The lowest BCUT2D eigenvalue weighted by Crippen LogP contribution is -2.41. The first-order valence-corrected chi connectivity index (χ1v) is 21.4.